The SMILES string of the molecule is CSC1(CNS(=O)(=O)c2cc(CO)sc2C)CCCCC1. The Balaban J connectivity index is 2.11. The van der Waals surface area contributed by atoms with Crippen LogP contribution in [-0.4, -0.2) is 31.1 Å². The summed E-state index contributed by atoms with van der Waals surface area (Å²) in [5.74, 6) is 0. The third-order valence-corrected chi connectivity index (χ3v) is 8.26. The van der Waals surface area contributed by atoms with Crippen LogP contribution in [0.4, 0.5) is 0 Å². The van der Waals surface area contributed by atoms with E-state index in [-0.39, 0.29) is 11.4 Å². The number of thiophene rings is 1. The molecule has 1 fully saturated rings. The Bertz CT molecular complexity index is 574. The largest absolute Gasteiger partial charge is 0.391 e. The maximum atomic E-state index is 12.5. The van der Waals surface area contributed by atoms with Crippen LogP contribution in [0.1, 0.15) is 41.9 Å². The van der Waals surface area contributed by atoms with Gasteiger partial charge in [0.25, 0.3) is 0 Å². The van der Waals surface area contributed by atoms with Crippen molar-refractivity contribution in [2.24, 2.45) is 0 Å². The quantitative estimate of drug-likeness (QED) is 0.829. The highest BCUT2D eigenvalue weighted by atomic mass is 32.2. The summed E-state index contributed by atoms with van der Waals surface area (Å²) in [6, 6.07) is 1.58. The monoisotopic (exact) mass is 349 g/mol. The van der Waals surface area contributed by atoms with E-state index in [1.54, 1.807) is 24.8 Å². The zero-order valence-corrected chi connectivity index (χ0v) is 15.0. The summed E-state index contributed by atoms with van der Waals surface area (Å²) >= 11 is 3.11. The van der Waals surface area contributed by atoms with Crippen LogP contribution in [0.5, 0.6) is 0 Å². The van der Waals surface area contributed by atoms with Gasteiger partial charge in [0.2, 0.25) is 10.0 Å². The Kier molecular flexibility index (Phi) is 5.76. The molecule has 0 bridgehead atoms. The number of aliphatic hydroxyl groups is 1. The molecular formula is C14H23NO3S3. The van der Waals surface area contributed by atoms with Gasteiger partial charge in [0.15, 0.2) is 0 Å². The Hall–Kier alpha value is -0.0800. The molecule has 1 aliphatic carbocycles. The van der Waals surface area contributed by atoms with Gasteiger partial charge in [-0.25, -0.2) is 13.1 Å². The molecular weight excluding hydrogens is 326 g/mol. The molecule has 2 rings (SSSR count). The molecule has 21 heavy (non-hydrogen) atoms. The molecule has 1 heterocycles. The molecule has 0 aliphatic heterocycles. The van der Waals surface area contributed by atoms with Crippen molar-refractivity contribution in [3.63, 3.8) is 0 Å². The first-order chi connectivity index (χ1) is 9.92. The summed E-state index contributed by atoms with van der Waals surface area (Å²) < 4.78 is 27.8. The van der Waals surface area contributed by atoms with Gasteiger partial charge in [-0.1, -0.05) is 19.3 Å². The van der Waals surface area contributed by atoms with Gasteiger partial charge in [-0.15, -0.1) is 11.3 Å². The van der Waals surface area contributed by atoms with E-state index in [1.807, 2.05) is 0 Å². The van der Waals surface area contributed by atoms with Crippen molar-refractivity contribution in [1.82, 2.24) is 4.72 Å². The van der Waals surface area contributed by atoms with Crippen molar-refractivity contribution < 1.29 is 13.5 Å². The summed E-state index contributed by atoms with van der Waals surface area (Å²) in [5, 5.41) is 9.15. The minimum atomic E-state index is -3.49. The van der Waals surface area contributed by atoms with Crippen LogP contribution >= 0.6 is 23.1 Å². The van der Waals surface area contributed by atoms with Crippen molar-refractivity contribution in [1.29, 1.82) is 0 Å². The van der Waals surface area contributed by atoms with E-state index in [4.69, 9.17) is 5.11 Å². The smallest absolute Gasteiger partial charge is 0.241 e. The van der Waals surface area contributed by atoms with Crippen LogP contribution in [0, 0.1) is 6.92 Å². The topological polar surface area (TPSA) is 66.4 Å². The number of aliphatic hydroxyl groups excluding tert-OH is 1. The van der Waals surface area contributed by atoms with Crippen molar-refractivity contribution in [3.05, 3.63) is 15.8 Å². The van der Waals surface area contributed by atoms with E-state index in [1.165, 1.54) is 30.6 Å². The van der Waals surface area contributed by atoms with Crippen molar-refractivity contribution in [3.8, 4) is 0 Å². The van der Waals surface area contributed by atoms with E-state index < -0.39 is 10.0 Å². The molecule has 0 spiro atoms. The fourth-order valence-electron chi connectivity index (χ4n) is 2.82. The molecule has 0 unspecified atom stereocenters. The average Bonchev–Trinajstić information content (AvgIpc) is 2.88. The van der Waals surface area contributed by atoms with Gasteiger partial charge >= 0.3 is 0 Å². The molecule has 0 amide bonds. The molecule has 1 aliphatic rings. The summed E-state index contributed by atoms with van der Waals surface area (Å²) in [7, 11) is -3.49. The highest BCUT2D eigenvalue weighted by molar-refractivity contribution is 8.00. The first-order valence-corrected chi connectivity index (χ1v) is 10.7. The number of nitrogens with one attached hydrogen (secondary N) is 1. The average molecular weight is 350 g/mol. The molecule has 0 aromatic carbocycles. The molecule has 0 radical (unpaired) electrons. The Morgan fingerprint density at radius 1 is 1.38 bits per heavy atom. The minimum absolute atomic E-state index is 0.0368. The van der Waals surface area contributed by atoms with Crippen molar-refractivity contribution >= 4 is 33.1 Å². The predicted molar refractivity (Wildman–Crippen MR) is 89.5 cm³/mol. The number of aryl methyl sites for hydroxylation is 1. The molecule has 7 heteroatoms. The van der Waals surface area contributed by atoms with Crippen LogP contribution in [0.2, 0.25) is 0 Å². The second kappa shape index (κ2) is 7.00. The van der Waals surface area contributed by atoms with Crippen LogP contribution in [-0.2, 0) is 16.6 Å². The van der Waals surface area contributed by atoms with Gasteiger partial charge in [-0.05, 0) is 32.1 Å². The van der Waals surface area contributed by atoms with Gasteiger partial charge in [-0.2, -0.15) is 11.8 Å². The number of thioether (sulfide) groups is 1. The summed E-state index contributed by atoms with van der Waals surface area (Å²) in [4.78, 5) is 1.72. The zero-order chi connectivity index (χ0) is 15.5. The molecule has 120 valence electrons. The van der Waals surface area contributed by atoms with Crippen LogP contribution in [0.15, 0.2) is 11.0 Å². The molecule has 1 aromatic rings. The lowest BCUT2D eigenvalue weighted by atomic mass is 9.88. The third-order valence-electron chi connectivity index (χ3n) is 4.15. The number of rotatable bonds is 6. The van der Waals surface area contributed by atoms with E-state index in [0.717, 1.165) is 17.7 Å². The zero-order valence-electron chi connectivity index (χ0n) is 12.5. The van der Waals surface area contributed by atoms with Gasteiger partial charge < -0.3 is 5.11 Å². The van der Waals surface area contributed by atoms with Crippen LogP contribution in [0.3, 0.4) is 0 Å². The fraction of sp³-hybridized carbons (Fsp3) is 0.714. The van der Waals surface area contributed by atoms with Crippen LogP contribution in [0.25, 0.3) is 0 Å². The molecule has 1 saturated carbocycles. The Labute approximate surface area is 135 Å². The van der Waals surface area contributed by atoms with Crippen LogP contribution < -0.4 is 4.72 Å². The molecule has 1 aromatic heterocycles. The summed E-state index contributed by atoms with van der Waals surface area (Å²) in [5.41, 5.74) is 0. The summed E-state index contributed by atoms with van der Waals surface area (Å²) in [6.07, 6.45) is 7.81. The second-order valence-corrected chi connectivity index (χ2v) is 9.91. The van der Waals surface area contributed by atoms with Crippen molar-refractivity contribution in [2.75, 3.05) is 12.8 Å². The number of sulfonamides is 1. The predicted octanol–water partition coefficient (Wildman–Crippen LogP) is 2.89. The van der Waals surface area contributed by atoms with Gasteiger partial charge in [0.1, 0.15) is 0 Å². The first kappa shape index (κ1) is 17.3. The van der Waals surface area contributed by atoms with Gasteiger partial charge in [-0.3, -0.25) is 0 Å². The van der Waals surface area contributed by atoms with Gasteiger partial charge in [0.05, 0.1) is 11.5 Å². The third kappa shape index (κ3) is 4.01. The van der Waals surface area contributed by atoms with E-state index >= 15 is 0 Å². The lowest BCUT2D eigenvalue weighted by Gasteiger charge is -2.35. The summed E-state index contributed by atoms with van der Waals surface area (Å²) in [6.45, 7) is 2.15. The first-order valence-electron chi connectivity index (χ1n) is 7.17. The van der Waals surface area contributed by atoms with E-state index in [2.05, 4.69) is 11.0 Å². The fourth-order valence-corrected chi connectivity index (χ4v) is 6.45. The molecule has 4 nitrogen and oxygen atoms in total. The van der Waals surface area contributed by atoms with Crippen molar-refractivity contribution in [2.45, 2.75) is 55.3 Å². The maximum absolute atomic E-state index is 12.5. The van der Waals surface area contributed by atoms with E-state index in [0.29, 0.717) is 16.3 Å². The normalized spacial score (nSPS) is 18.8. The molecule has 0 saturated heterocycles. The second-order valence-electron chi connectivity index (χ2n) is 5.56. The Morgan fingerprint density at radius 3 is 2.57 bits per heavy atom. The number of hydrogen-bond acceptors (Lipinski definition) is 5. The maximum Gasteiger partial charge on any atom is 0.241 e. The minimum Gasteiger partial charge on any atom is -0.391 e. The van der Waals surface area contributed by atoms with E-state index in [9.17, 15) is 8.42 Å². The molecule has 2 N–H and O–H groups in total. The Morgan fingerprint density at radius 2 is 2.05 bits per heavy atom. The van der Waals surface area contributed by atoms with Gasteiger partial charge in [0, 0.05) is 21.0 Å². The standard InChI is InChI=1S/C14H23NO3S3/c1-11-13(8-12(9-16)20-11)21(17,18)15-10-14(19-2)6-4-3-5-7-14/h8,15-16H,3-7,9-10H2,1-2H3. The lowest BCUT2D eigenvalue weighted by Crippen LogP contribution is -2.41. The highest BCUT2D eigenvalue weighted by Gasteiger charge is 2.33. The molecule has 0 atom stereocenters. The highest BCUT2D eigenvalue weighted by Crippen LogP contribution is 2.38. The lowest BCUT2D eigenvalue weighted by molar-refractivity contribution is 0.285. The number of hydrogen-bond donors (Lipinski definition) is 2.